The van der Waals surface area contributed by atoms with Gasteiger partial charge >= 0.3 is 0 Å². The minimum absolute atomic E-state index is 0.0876. The number of aromatic nitrogens is 1. The lowest BCUT2D eigenvalue weighted by Gasteiger charge is -2.05. The van der Waals surface area contributed by atoms with Gasteiger partial charge in [-0.3, -0.25) is 4.79 Å². The molecule has 78 valence electrons. The number of halogens is 1. The van der Waals surface area contributed by atoms with E-state index in [9.17, 15) is 4.79 Å². The van der Waals surface area contributed by atoms with Crippen molar-refractivity contribution in [1.29, 1.82) is 0 Å². The Bertz CT molecular complexity index is 335. The Morgan fingerprint density at radius 2 is 2.36 bits per heavy atom. The summed E-state index contributed by atoms with van der Waals surface area (Å²) in [6.45, 7) is 4.16. The summed E-state index contributed by atoms with van der Waals surface area (Å²) in [5.74, 6) is 0. The highest BCUT2D eigenvalue weighted by Gasteiger charge is 1.98. The second-order valence-corrected chi connectivity index (χ2v) is 4.07. The maximum absolute atomic E-state index is 11.5. The highest BCUT2D eigenvalue weighted by atomic mass is 127. The van der Waals surface area contributed by atoms with Gasteiger partial charge in [0.25, 0.3) is 5.56 Å². The number of nitrogens with zero attached hydrogens (tertiary/aromatic N) is 1. The molecule has 0 saturated heterocycles. The number of hydrogen-bond donors (Lipinski definition) is 0. The van der Waals surface area contributed by atoms with Crippen LogP contribution >= 0.6 is 22.6 Å². The molecule has 0 aliphatic heterocycles. The zero-order valence-electron chi connectivity index (χ0n) is 8.20. The molecule has 0 radical (unpaired) electrons. The van der Waals surface area contributed by atoms with Crippen molar-refractivity contribution >= 4 is 22.6 Å². The van der Waals surface area contributed by atoms with E-state index in [1.807, 2.05) is 25.3 Å². The molecule has 14 heavy (non-hydrogen) atoms. The maximum atomic E-state index is 11.5. The third-order valence-electron chi connectivity index (χ3n) is 1.87. The van der Waals surface area contributed by atoms with E-state index in [1.165, 1.54) is 0 Å². The fraction of sp³-hybridized carbons (Fsp3) is 0.500. The van der Waals surface area contributed by atoms with Gasteiger partial charge in [-0.2, -0.15) is 0 Å². The fourth-order valence-corrected chi connectivity index (χ4v) is 1.68. The summed E-state index contributed by atoms with van der Waals surface area (Å²) in [6, 6.07) is 3.71. The van der Waals surface area contributed by atoms with Gasteiger partial charge in [0.1, 0.15) is 0 Å². The van der Waals surface area contributed by atoms with Crippen molar-refractivity contribution in [2.75, 3.05) is 13.2 Å². The first-order valence-electron chi connectivity index (χ1n) is 4.68. The molecule has 0 saturated carbocycles. The lowest BCUT2D eigenvalue weighted by Crippen LogP contribution is -2.22. The molecule has 0 aliphatic rings. The molecule has 1 rings (SSSR count). The van der Waals surface area contributed by atoms with Gasteiger partial charge in [-0.1, -0.05) is 0 Å². The smallest absolute Gasteiger partial charge is 0.263 e. The molecular formula is C10H14INO2. The third kappa shape index (κ3) is 3.42. The van der Waals surface area contributed by atoms with Crippen molar-refractivity contribution in [2.24, 2.45) is 0 Å². The first kappa shape index (κ1) is 11.7. The quantitative estimate of drug-likeness (QED) is 0.614. The van der Waals surface area contributed by atoms with Gasteiger partial charge in [0.15, 0.2) is 0 Å². The lowest BCUT2D eigenvalue weighted by atomic mass is 10.4. The summed E-state index contributed by atoms with van der Waals surface area (Å²) < 4.78 is 7.70. The van der Waals surface area contributed by atoms with Crippen molar-refractivity contribution in [3.8, 4) is 0 Å². The van der Waals surface area contributed by atoms with Gasteiger partial charge in [-0.25, -0.2) is 0 Å². The number of aryl methyl sites for hydroxylation is 1. The molecule has 1 heterocycles. The van der Waals surface area contributed by atoms with E-state index in [0.717, 1.165) is 23.1 Å². The highest BCUT2D eigenvalue weighted by molar-refractivity contribution is 14.1. The fourth-order valence-electron chi connectivity index (χ4n) is 1.16. The standard InChI is InChI=1S/C10H14INO2/c1-2-14-8-4-7-12-6-3-5-9(11)10(12)13/h3,5-6H,2,4,7-8H2,1H3. The van der Waals surface area contributed by atoms with Gasteiger partial charge < -0.3 is 9.30 Å². The molecule has 4 heteroatoms. The van der Waals surface area contributed by atoms with Gasteiger partial charge in [-0.05, 0) is 48.1 Å². The molecule has 0 unspecified atom stereocenters. The predicted octanol–water partition coefficient (Wildman–Crippen LogP) is 1.88. The monoisotopic (exact) mass is 307 g/mol. The summed E-state index contributed by atoms with van der Waals surface area (Å²) in [5.41, 5.74) is 0.0876. The Labute approximate surface area is 97.2 Å². The zero-order valence-corrected chi connectivity index (χ0v) is 10.4. The molecule has 1 aromatic heterocycles. The van der Waals surface area contributed by atoms with E-state index >= 15 is 0 Å². The summed E-state index contributed by atoms with van der Waals surface area (Å²) in [6.07, 6.45) is 2.70. The average Bonchev–Trinajstić information content (AvgIpc) is 2.19. The molecule has 0 aromatic carbocycles. The molecular weight excluding hydrogens is 293 g/mol. The van der Waals surface area contributed by atoms with Crippen LogP contribution in [-0.4, -0.2) is 17.8 Å². The van der Waals surface area contributed by atoms with Crippen molar-refractivity contribution in [3.05, 3.63) is 32.3 Å². The zero-order chi connectivity index (χ0) is 10.4. The minimum Gasteiger partial charge on any atom is -0.382 e. The predicted molar refractivity (Wildman–Crippen MR) is 64.5 cm³/mol. The van der Waals surface area contributed by atoms with Crippen LogP contribution in [0.25, 0.3) is 0 Å². The molecule has 0 bridgehead atoms. The molecule has 1 aromatic rings. The molecule has 0 amide bonds. The van der Waals surface area contributed by atoms with E-state index in [0.29, 0.717) is 6.61 Å². The van der Waals surface area contributed by atoms with Crippen LogP contribution in [0.2, 0.25) is 0 Å². The summed E-state index contributed by atoms with van der Waals surface area (Å²) in [4.78, 5) is 11.5. The number of rotatable bonds is 5. The van der Waals surface area contributed by atoms with Crippen LogP contribution in [0.1, 0.15) is 13.3 Å². The van der Waals surface area contributed by atoms with Crippen LogP contribution in [0, 0.1) is 3.57 Å². The SMILES string of the molecule is CCOCCCn1cccc(I)c1=O. The normalized spacial score (nSPS) is 10.4. The maximum Gasteiger partial charge on any atom is 0.263 e. The summed E-state index contributed by atoms with van der Waals surface area (Å²) in [5, 5.41) is 0. The van der Waals surface area contributed by atoms with E-state index in [-0.39, 0.29) is 5.56 Å². The van der Waals surface area contributed by atoms with E-state index in [2.05, 4.69) is 22.6 Å². The summed E-state index contributed by atoms with van der Waals surface area (Å²) >= 11 is 2.05. The highest BCUT2D eigenvalue weighted by Crippen LogP contribution is 1.96. The van der Waals surface area contributed by atoms with E-state index in [1.54, 1.807) is 4.57 Å². The first-order chi connectivity index (χ1) is 6.75. The van der Waals surface area contributed by atoms with Crippen molar-refractivity contribution in [1.82, 2.24) is 4.57 Å². The molecule has 0 N–H and O–H groups in total. The Hall–Kier alpha value is -0.360. The second kappa shape index (κ2) is 6.19. The molecule has 0 fully saturated rings. The molecule has 0 aliphatic carbocycles. The average molecular weight is 307 g/mol. The van der Waals surface area contributed by atoms with E-state index in [4.69, 9.17) is 4.74 Å². The van der Waals surface area contributed by atoms with Gasteiger partial charge in [0, 0.05) is 26.0 Å². The number of hydrogen-bond acceptors (Lipinski definition) is 2. The van der Waals surface area contributed by atoms with Gasteiger partial charge in [-0.15, -0.1) is 0 Å². The van der Waals surface area contributed by atoms with Crippen LogP contribution in [-0.2, 0) is 11.3 Å². The first-order valence-corrected chi connectivity index (χ1v) is 5.76. The number of pyridine rings is 1. The Morgan fingerprint density at radius 3 is 3.07 bits per heavy atom. The molecule has 0 atom stereocenters. The van der Waals surface area contributed by atoms with Crippen LogP contribution in [0.15, 0.2) is 23.1 Å². The van der Waals surface area contributed by atoms with Crippen LogP contribution in [0.3, 0.4) is 0 Å². The van der Waals surface area contributed by atoms with Gasteiger partial charge in [0.05, 0.1) is 3.57 Å². The van der Waals surface area contributed by atoms with Crippen LogP contribution in [0.5, 0.6) is 0 Å². The minimum atomic E-state index is 0.0876. The topological polar surface area (TPSA) is 31.2 Å². The Kier molecular flexibility index (Phi) is 5.17. The summed E-state index contributed by atoms with van der Waals surface area (Å²) in [7, 11) is 0. The van der Waals surface area contributed by atoms with E-state index < -0.39 is 0 Å². The van der Waals surface area contributed by atoms with Crippen LogP contribution in [0.4, 0.5) is 0 Å². The Balaban J connectivity index is 2.51. The molecule has 3 nitrogen and oxygen atoms in total. The third-order valence-corrected chi connectivity index (χ3v) is 2.69. The lowest BCUT2D eigenvalue weighted by molar-refractivity contribution is 0.141. The number of ether oxygens (including phenoxy) is 1. The van der Waals surface area contributed by atoms with Crippen molar-refractivity contribution < 1.29 is 4.74 Å². The molecule has 0 spiro atoms. The Morgan fingerprint density at radius 1 is 1.57 bits per heavy atom. The van der Waals surface area contributed by atoms with Crippen molar-refractivity contribution in [3.63, 3.8) is 0 Å². The van der Waals surface area contributed by atoms with Crippen LogP contribution < -0.4 is 5.56 Å². The largest absolute Gasteiger partial charge is 0.382 e. The second-order valence-electron chi connectivity index (χ2n) is 2.91. The van der Waals surface area contributed by atoms with Crippen molar-refractivity contribution in [2.45, 2.75) is 19.9 Å². The van der Waals surface area contributed by atoms with Gasteiger partial charge in [0.2, 0.25) is 0 Å².